The Morgan fingerprint density at radius 2 is 1.95 bits per heavy atom. The molecule has 3 heteroatoms. The first-order valence-corrected chi connectivity index (χ1v) is 7.60. The zero-order chi connectivity index (χ0) is 13.8. The van der Waals surface area contributed by atoms with Crippen LogP contribution in [0.3, 0.4) is 0 Å². The number of nitrogens with one attached hydrogen (secondary N) is 1. The molecule has 0 spiro atoms. The molecule has 1 aromatic heterocycles. The van der Waals surface area contributed by atoms with E-state index in [4.69, 9.17) is 0 Å². The van der Waals surface area contributed by atoms with Crippen LogP contribution in [0.1, 0.15) is 41.6 Å². The number of aryl methyl sites for hydroxylation is 2. The van der Waals surface area contributed by atoms with Gasteiger partial charge in [-0.3, -0.25) is 0 Å². The highest BCUT2D eigenvalue weighted by Gasteiger charge is 2.18. The molecule has 1 N–H and O–H groups in total. The summed E-state index contributed by atoms with van der Waals surface area (Å²) in [6, 6.07) is 5.21. The molecule has 1 nitrogen and oxygen atoms in total. The van der Waals surface area contributed by atoms with Crippen molar-refractivity contribution in [2.75, 3.05) is 6.54 Å². The Labute approximate surface area is 118 Å². The van der Waals surface area contributed by atoms with Crippen molar-refractivity contribution in [3.05, 3.63) is 57.0 Å². The van der Waals surface area contributed by atoms with Crippen LogP contribution in [0.2, 0.25) is 0 Å². The van der Waals surface area contributed by atoms with Crippen LogP contribution in [0.5, 0.6) is 0 Å². The molecule has 0 saturated carbocycles. The van der Waals surface area contributed by atoms with Crippen molar-refractivity contribution in [1.82, 2.24) is 5.32 Å². The van der Waals surface area contributed by atoms with Gasteiger partial charge in [-0.2, -0.15) is 11.3 Å². The maximum absolute atomic E-state index is 13.3. The minimum Gasteiger partial charge on any atom is -0.306 e. The van der Waals surface area contributed by atoms with Crippen LogP contribution in [0, 0.1) is 19.7 Å². The van der Waals surface area contributed by atoms with Crippen molar-refractivity contribution in [3.8, 4) is 0 Å². The van der Waals surface area contributed by atoms with Gasteiger partial charge in [-0.15, -0.1) is 0 Å². The molecule has 102 valence electrons. The second-order valence-electron chi connectivity index (χ2n) is 4.90. The van der Waals surface area contributed by atoms with Gasteiger partial charge in [-0.1, -0.05) is 13.0 Å². The summed E-state index contributed by atoms with van der Waals surface area (Å²) in [5.74, 6) is -0.169. The van der Waals surface area contributed by atoms with Gasteiger partial charge >= 0.3 is 0 Å². The van der Waals surface area contributed by atoms with E-state index in [1.807, 2.05) is 13.0 Å². The summed E-state index contributed by atoms with van der Waals surface area (Å²) in [7, 11) is 0. The first-order chi connectivity index (χ1) is 9.13. The number of hydrogen-bond donors (Lipinski definition) is 1. The van der Waals surface area contributed by atoms with Crippen LogP contribution >= 0.6 is 11.3 Å². The van der Waals surface area contributed by atoms with Crippen molar-refractivity contribution < 1.29 is 4.39 Å². The number of benzene rings is 1. The molecule has 1 aromatic carbocycles. The molecule has 0 fully saturated rings. The predicted molar refractivity (Wildman–Crippen MR) is 80.3 cm³/mol. The summed E-state index contributed by atoms with van der Waals surface area (Å²) in [6.45, 7) is 7.21. The molecule has 0 radical (unpaired) electrons. The number of thiophene rings is 1. The molecule has 0 saturated heterocycles. The lowest BCUT2D eigenvalue weighted by atomic mass is 9.94. The SMILES string of the molecule is CCCNC(c1ccc(F)cc1C)c1cscc1C. The number of hydrogen-bond acceptors (Lipinski definition) is 2. The molecule has 1 unspecified atom stereocenters. The highest BCUT2D eigenvalue weighted by molar-refractivity contribution is 7.08. The third kappa shape index (κ3) is 3.23. The smallest absolute Gasteiger partial charge is 0.123 e. The van der Waals surface area contributed by atoms with Gasteiger partial charge in [-0.25, -0.2) is 4.39 Å². The summed E-state index contributed by atoms with van der Waals surface area (Å²) < 4.78 is 13.3. The summed E-state index contributed by atoms with van der Waals surface area (Å²) in [5, 5.41) is 7.92. The minimum absolute atomic E-state index is 0.159. The molecule has 2 rings (SSSR count). The van der Waals surface area contributed by atoms with Crippen molar-refractivity contribution in [1.29, 1.82) is 0 Å². The van der Waals surface area contributed by atoms with Crippen LogP contribution in [-0.2, 0) is 0 Å². The lowest BCUT2D eigenvalue weighted by Gasteiger charge is -2.21. The maximum Gasteiger partial charge on any atom is 0.123 e. The highest BCUT2D eigenvalue weighted by atomic mass is 32.1. The molecule has 1 heterocycles. The molecule has 0 aliphatic heterocycles. The monoisotopic (exact) mass is 277 g/mol. The van der Waals surface area contributed by atoms with Crippen molar-refractivity contribution >= 4 is 11.3 Å². The van der Waals surface area contributed by atoms with E-state index in [0.717, 1.165) is 24.1 Å². The number of rotatable bonds is 5. The number of halogens is 1. The van der Waals surface area contributed by atoms with Gasteiger partial charge < -0.3 is 5.32 Å². The minimum atomic E-state index is -0.169. The largest absolute Gasteiger partial charge is 0.306 e. The van der Waals surface area contributed by atoms with E-state index in [0.29, 0.717) is 0 Å². The van der Waals surface area contributed by atoms with E-state index in [9.17, 15) is 4.39 Å². The Hall–Kier alpha value is -1.19. The van der Waals surface area contributed by atoms with Crippen LogP contribution in [0.25, 0.3) is 0 Å². The third-order valence-corrected chi connectivity index (χ3v) is 4.23. The Kier molecular flexibility index (Phi) is 4.72. The van der Waals surface area contributed by atoms with E-state index in [1.165, 1.54) is 11.1 Å². The summed E-state index contributed by atoms with van der Waals surface area (Å²) >= 11 is 1.72. The molecule has 0 amide bonds. The van der Waals surface area contributed by atoms with Crippen LogP contribution in [0.4, 0.5) is 4.39 Å². The average molecular weight is 277 g/mol. The molecular weight excluding hydrogens is 257 g/mol. The normalized spacial score (nSPS) is 12.6. The molecular formula is C16H20FNS. The van der Waals surface area contributed by atoms with E-state index in [-0.39, 0.29) is 11.9 Å². The lowest BCUT2D eigenvalue weighted by Crippen LogP contribution is -2.24. The molecule has 0 aliphatic carbocycles. The van der Waals surface area contributed by atoms with Gasteiger partial charge in [0.15, 0.2) is 0 Å². The van der Waals surface area contributed by atoms with E-state index in [1.54, 1.807) is 23.5 Å². The first-order valence-electron chi connectivity index (χ1n) is 6.65. The second kappa shape index (κ2) is 6.31. The van der Waals surface area contributed by atoms with Gasteiger partial charge in [0.05, 0.1) is 6.04 Å². The van der Waals surface area contributed by atoms with Gasteiger partial charge in [-0.05, 0) is 72.0 Å². The second-order valence-corrected chi connectivity index (χ2v) is 5.64. The first kappa shape index (κ1) is 14.2. The zero-order valence-electron chi connectivity index (χ0n) is 11.7. The maximum atomic E-state index is 13.3. The average Bonchev–Trinajstić information content (AvgIpc) is 2.78. The van der Waals surface area contributed by atoms with Gasteiger partial charge in [0.1, 0.15) is 5.82 Å². The van der Waals surface area contributed by atoms with Crippen molar-refractivity contribution in [3.63, 3.8) is 0 Å². The Bertz CT molecular complexity index is 547. The van der Waals surface area contributed by atoms with Crippen LogP contribution in [-0.4, -0.2) is 6.54 Å². The Balaban J connectivity index is 2.40. The van der Waals surface area contributed by atoms with E-state index < -0.39 is 0 Å². The van der Waals surface area contributed by atoms with Gasteiger partial charge in [0.2, 0.25) is 0 Å². The Morgan fingerprint density at radius 1 is 1.16 bits per heavy atom. The summed E-state index contributed by atoms with van der Waals surface area (Å²) in [4.78, 5) is 0. The predicted octanol–water partition coefficient (Wildman–Crippen LogP) is 4.59. The fourth-order valence-corrected chi connectivity index (χ4v) is 3.18. The quantitative estimate of drug-likeness (QED) is 0.842. The molecule has 0 aliphatic rings. The Morgan fingerprint density at radius 3 is 2.53 bits per heavy atom. The lowest BCUT2D eigenvalue weighted by molar-refractivity contribution is 0.589. The molecule has 1 atom stereocenters. The molecule has 19 heavy (non-hydrogen) atoms. The zero-order valence-corrected chi connectivity index (χ0v) is 12.5. The fourth-order valence-electron chi connectivity index (χ4n) is 2.31. The van der Waals surface area contributed by atoms with Crippen molar-refractivity contribution in [2.45, 2.75) is 33.2 Å². The van der Waals surface area contributed by atoms with Crippen LogP contribution < -0.4 is 5.32 Å². The summed E-state index contributed by atoms with van der Waals surface area (Å²) in [5.41, 5.74) is 4.76. The summed E-state index contributed by atoms with van der Waals surface area (Å²) in [6.07, 6.45) is 1.08. The molecule has 2 aromatic rings. The van der Waals surface area contributed by atoms with Crippen molar-refractivity contribution in [2.24, 2.45) is 0 Å². The topological polar surface area (TPSA) is 12.0 Å². The van der Waals surface area contributed by atoms with E-state index in [2.05, 4.69) is 29.9 Å². The fraction of sp³-hybridized carbons (Fsp3) is 0.375. The van der Waals surface area contributed by atoms with Crippen LogP contribution in [0.15, 0.2) is 29.0 Å². The third-order valence-electron chi connectivity index (χ3n) is 3.35. The molecule has 0 bridgehead atoms. The highest BCUT2D eigenvalue weighted by Crippen LogP contribution is 2.29. The van der Waals surface area contributed by atoms with Gasteiger partial charge in [0.25, 0.3) is 0 Å². The van der Waals surface area contributed by atoms with Gasteiger partial charge in [0, 0.05) is 0 Å². The standard InChI is InChI=1S/C16H20FNS/c1-4-7-18-16(15-10-19-9-12(15)3)14-6-5-13(17)8-11(14)2/h5-6,8-10,16,18H,4,7H2,1-3H3. The van der Waals surface area contributed by atoms with E-state index >= 15 is 0 Å².